The van der Waals surface area contributed by atoms with Gasteiger partial charge in [-0.15, -0.1) is 0 Å². The fourth-order valence-corrected chi connectivity index (χ4v) is 3.34. The number of amides is 1. The van der Waals surface area contributed by atoms with E-state index in [2.05, 4.69) is 0 Å². The molecule has 1 heterocycles. The Morgan fingerprint density at radius 2 is 1.81 bits per heavy atom. The first-order valence-corrected chi connectivity index (χ1v) is 9.16. The summed E-state index contributed by atoms with van der Waals surface area (Å²) in [7, 11) is 1.56. The van der Waals surface area contributed by atoms with Crippen LogP contribution in [-0.4, -0.2) is 42.1 Å². The molecule has 0 aromatic heterocycles. The van der Waals surface area contributed by atoms with Crippen LogP contribution in [0.5, 0.6) is 5.75 Å². The zero-order chi connectivity index (χ0) is 20.0. The van der Waals surface area contributed by atoms with E-state index in [1.165, 1.54) is 6.08 Å². The van der Waals surface area contributed by atoms with Gasteiger partial charge < -0.3 is 14.4 Å². The summed E-state index contributed by atoms with van der Waals surface area (Å²) >= 11 is 0. The van der Waals surface area contributed by atoms with Gasteiger partial charge in [-0.2, -0.15) is 5.26 Å². The van der Waals surface area contributed by atoms with Crippen molar-refractivity contribution in [2.45, 2.75) is 58.2 Å². The molecule has 1 aliphatic heterocycles. The highest BCUT2D eigenvalue weighted by Gasteiger charge is 2.33. The van der Waals surface area contributed by atoms with Gasteiger partial charge in [0.1, 0.15) is 17.4 Å². The van der Waals surface area contributed by atoms with E-state index in [1.54, 1.807) is 43.2 Å². The monoisotopic (exact) mass is 370 g/mol. The van der Waals surface area contributed by atoms with Crippen molar-refractivity contribution >= 4 is 18.0 Å². The Morgan fingerprint density at radius 1 is 1.22 bits per heavy atom. The quantitative estimate of drug-likeness (QED) is 0.451. The second kappa shape index (κ2) is 9.22. The minimum atomic E-state index is -0.937. The molecule has 0 aliphatic carbocycles. The lowest BCUT2D eigenvalue weighted by Crippen LogP contribution is -2.51. The lowest BCUT2D eigenvalue weighted by Gasteiger charge is -2.40. The maximum Gasteiger partial charge on any atom is 0.349 e. The van der Waals surface area contributed by atoms with E-state index in [4.69, 9.17) is 9.47 Å². The van der Waals surface area contributed by atoms with E-state index < -0.39 is 12.1 Å². The number of rotatable bonds is 5. The number of carbonyl (C=O) groups is 2. The second-order valence-electron chi connectivity index (χ2n) is 6.86. The van der Waals surface area contributed by atoms with Gasteiger partial charge in [-0.1, -0.05) is 12.1 Å². The molecule has 3 atom stereocenters. The fraction of sp³-hybridized carbons (Fsp3) is 0.476. The molecule has 0 bridgehead atoms. The molecule has 0 N–H and O–H groups in total. The number of hydrogen-bond donors (Lipinski definition) is 0. The van der Waals surface area contributed by atoms with Gasteiger partial charge in [0, 0.05) is 12.1 Å². The third-order valence-corrected chi connectivity index (χ3v) is 4.85. The molecule has 1 fully saturated rings. The molecule has 6 heteroatoms. The number of esters is 1. The molecule has 0 unspecified atom stereocenters. The molecular formula is C21H26N2O4. The third-order valence-electron chi connectivity index (χ3n) is 4.85. The second-order valence-corrected chi connectivity index (χ2v) is 6.86. The smallest absolute Gasteiger partial charge is 0.349 e. The summed E-state index contributed by atoms with van der Waals surface area (Å²) in [4.78, 5) is 26.9. The fourth-order valence-electron chi connectivity index (χ4n) is 3.34. The Kier molecular flexibility index (Phi) is 7.00. The molecule has 27 heavy (non-hydrogen) atoms. The van der Waals surface area contributed by atoms with Crippen LogP contribution in [0, 0.1) is 11.3 Å². The molecule has 1 aliphatic rings. The summed E-state index contributed by atoms with van der Waals surface area (Å²) in [5.74, 6) is -0.339. The molecule has 144 valence electrons. The largest absolute Gasteiger partial charge is 0.497 e. The zero-order valence-corrected chi connectivity index (χ0v) is 16.3. The molecule has 0 spiro atoms. The van der Waals surface area contributed by atoms with Crippen LogP contribution in [-0.2, 0) is 14.3 Å². The van der Waals surface area contributed by atoms with Gasteiger partial charge in [0.25, 0.3) is 5.91 Å². The average molecular weight is 370 g/mol. The van der Waals surface area contributed by atoms with Crippen LogP contribution >= 0.6 is 0 Å². The molecule has 1 aromatic rings. The lowest BCUT2D eigenvalue weighted by molar-refractivity contribution is -0.159. The maximum atomic E-state index is 12.7. The highest BCUT2D eigenvalue weighted by Crippen LogP contribution is 2.24. The first kappa shape index (κ1) is 20.5. The van der Waals surface area contributed by atoms with Crippen molar-refractivity contribution in [2.24, 2.45) is 0 Å². The van der Waals surface area contributed by atoms with Gasteiger partial charge in [-0.25, -0.2) is 4.79 Å². The highest BCUT2D eigenvalue weighted by molar-refractivity contribution is 5.99. The number of nitriles is 1. The van der Waals surface area contributed by atoms with Crippen LogP contribution in [0.4, 0.5) is 0 Å². The minimum Gasteiger partial charge on any atom is -0.497 e. The molecule has 6 nitrogen and oxygen atoms in total. The van der Waals surface area contributed by atoms with E-state index >= 15 is 0 Å². The van der Waals surface area contributed by atoms with E-state index in [0.29, 0.717) is 11.3 Å². The van der Waals surface area contributed by atoms with Crippen LogP contribution in [0.3, 0.4) is 0 Å². The molecule has 2 rings (SSSR count). The van der Waals surface area contributed by atoms with Crippen molar-refractivity contribution in [1.82, 2.24) is 4.90 Å². The number of likely N-dealkylation sites (tertiary alicyclic amines) is 1. The summed E-state index contributed by atoms with van der Waals surface area (Å²) < 4.78 is 10.4. The van der Waals surface area contributed by atoms with Gasteiger partial charge >= 0.3 is 5.97 Å². The molecule has 1 aromatic carbocycles. The predicted molar refractivity (Wildman–Crippen MR) is 102 cm³/mol. The summed E-state index contributed by atoms with van der Waals surface area (Å²) in [6.45, 7) is 5.56. The standard InChI is InChI=1S/C21H26N2O4/c1-14-6-5-7-15(2)23(14)20(24)16(3)27-21(25)18(13-22)12-17-8-10-19(26-4)11-9-17/h8-12,14-16H,5-7H2,1-4H3/b18-12+/t14-,15-,16-/m1/s1. The zero-order valence-electron chi connectivity index (χ0n) is 16.3. The molecule has 1 saturated heterocycles. The first-order valence-electron chi connectivity index (χ1n) is 9.16. The van der Waals surface area contributed by atoms with Crippen LogP contribution in [0.15, 0.2) is 29.8 Å². The van der Waals surface area contributed by atoms with E-state index in [0.717, 1.165) is 19.3 Å². The van der Waals surface area contributed by atoms with Gasteiger partial charge in [0.05, 0.1) is 7.11 Å². The van der Waals surface area contributed by atoms with E-state index in [9.17, 15) is 14.9 Å². The molecular weight excluding hydrogens is 344 g/mol. The first-order chi connectivity index (χ1) is 12.9. The molecule has 0 radical (unpaired) electrons. The van der Waals surface area contributed by atoms with Gasteiger partial charge in [0.15, 0.2) is 6.10 Å². The van der Waals surface area contributed by atoms with Crippen molar-refractivity contribution in [3.05, 3.63) is 35.4 Å². The Labute approximate surface area is 160 Å². The normalized spacial score (nSPS) is 21.1. The highest BCUT2D eigenvalue weighted by atomic mass is 16.5. The number of carbonyl (C=O) groups excluding carboxylic acids is 2. The van der Waals surface area contributed by atoms with Crippen LogP contribution < -0.4 is 4.74 Å². The number of piperidine rings is 1. The Balaban J connectivity index is 2.07. The van der Waals surface area contributed by atoms with E-state index in [-0.39, 0.29) is 23.6 Å². The molecule has 1 amide bonds. The Bertz CT molecular complexity index is 738. The summed E-state index contributed by atoms with van der Waals surface area (Å²) in [5, 5.41) is 9.30. The van der Waals surface area contributed by atoms with Crippen molar-refractivity contribution in [3.8, 4) is 11.8 Å². The van der Waals surface area contributed by atoms with Crippen LogP contribution in [0.2, 0.25) is 0 Å². The Morgan fingerprint density at radius 3 is 2.33 bits per heavy atom. The van der Waals surface area contributed by atoms with Crippen molar-refractivity contribution < 1.29 is 19.1 Å². The van der Waals surface area contributed by atoms with Crippen molar-refractivity contribution in [2.75, 3.05) is 7.11 Å². The number of ether oxygens (including phenoxy) is 2. The average Bonchev–Trinajstić information content (AvgIpc) is 2.66. The van der Waals surface area contributed by atoms with Crippen LogP contribution in [0.1, 0.15) is 45.6 Å². The van der Waals surface area contributed by atoms with Crippen molar-refractivity contribution in [3.63, 3.8) is 0 Å². The lowest BCUT2D eigenvalue weighted by atomic mass is 9.97. The summed E-state index contributed by atoms with van der Waals surface area (Å²) in [5.41, 5.74) is 0.515. The third kappa shape index (κ3) is 5.10. The van der Waals surface area contributed by atoms with E-state index in [1.807, 2.05) is 19.9 Å². The van der Waals surface area contributed by atoms with Crippen molar-refractivity contribution in [1.29, 1.82) is 5.26 Å². The number of nitrogens with zero attached hydrogens (tertiary/aromatic N) is 2. The number of methoxy groups -OCH3 is 1. The SMILES string of the molecule is COc1ccc(/C=C(\C#N)C(=O)O[C@H](C)C(=O)N2[C@H](C)CCC[C@H]2C)cc1. The Hall–Kier alpha value is -2.81. The summed E-state index contributed by atoms with van der Waals surface area (Å²) in [6, 6.07) is 9.02. The molecule has 0 saturated carbocycles. The van der Waals surface area contributed by atoms with Gasteiger partial charge in [0.2, 0.25) is 0 Å². The number of benzene rings is 1. The predicted octanol–water partition coefficient (Wildman–Crippen LogP) is 3.32. The summed E-state index contributed by atoms with van der Waals surface area (Å²) in [6.07, 6.45) is 3.47. The van der Waals surface area contributed by atoms with Crippen LogP contribution in [0.25, 0.3) is 6.08 Å². The van der Waals surface area contributed by atoms with Gasteiger partial charge in [-0.3, -0.25) is 4.79 Å². The van der Waals surface area contributed by atoms with Gasteiger partial charge in [-0.05, 0) is 63.8 Å². The topological polar surface area (TPSA) is 79.6 Å². The maximum absolute atomic E-state index is 12.7. The minimum absolute atomic E-state index is 0.118. The number of hydrogen-bond acceptors (Lipinski definition) is 5.